The van der Waals surface area contributed by atoms with Crippen molar-refractivity contribution in [3.63, 3.8) is 0 Å². The van der Waals surface area contributed by atoms with E-state index in [1.165, 1.54) is 6.33 Å². The van der Waals surface area contributed by atoms with Crippen molar-refractivity contribution in [2.45, 2.75) is 13.0 Å². The highest BCUT2D eigenvalue weighted by atomic mass is 35.5. The third kappa shape index (κ3) is 4.26. The van der Waals surface area contributed by atoms with E-state index in [2.05, 4.69) is 20.4 Å². The van der Waals surface area contributed by atoms with Crippen LogP contribution in [0.5, 0.6) is 5.75 Å². The van der Waals surface area contributed by atoms with Gasteiger partial charge in [-0.25, -0.2) is 14.6 Å². The number of ether oxygens (including phenoxy) is 1. The number of hydrogen-bond donors (Lipinski definition) is 1. The van der Waals surface area contributed by atoms with Crippen LogP contribution < -0.4 is 10.1 Å². The molecule has 0 fully saturated rings. The van der Waals surface area contributed by atoms with Gasteiger partial charge >= 0.3 is 0 Å². The van der Waals surface area contributed by atoms with E-state index in [9.17, 15) is 4.79 Å². The molecule has 128 valence electrons. The summed E-state index contributed by atoms with van der Waals surface area (Å²) in [5.74, 6) is 0.859. The summed E-state index contributed by atoms with van der Waals surface area (Å²) in [6.45, 7) is 1.61. The quantitative estimate of drug-likeness (QED) is 0.736. The largest absolute Gasteiger partial charge is 0.479 e. The number of aromatic nitrogens is 4. The first kappa shape index (κ1) is 17.2. The summed E-state index contributed by atoms with van der Waals surface area (Å²) in [4.78, 5) is 20.4. The SMILES string of the molecule is CC(Oc1ccc(Cl)cc1Cl)C(=O)Nc1cc(-n2cccn2)ncn1. The highest BCUT2D eigenvalue weighted by molar-refractivity contribution is 6.35. The van der Waals surface area contributed by atoms with Gasteiger partial charge in [-0.1, -0.05) is 23.2 Å². The molecule has 0 aliphatic heterocycles. The Bertz CT molecular complexity index is 886. The van der Waals surface area contributed by atoms with E-state index < -0.39 is 6.10 Å². The van der Waals surface area contributed by atoms with Gasteiger partial charge in [-0.15, -0.1) is 0 Å². The van der Waals surface area contributed by atoms with E-state index in [0.29, 0.717) is 27.4 Å². The standard InChI is InChI=1S/C16H13Cl2N5O2/c1-10(25-13-4-3-11(17)7-12(13)18)16(24)22-14-8-15(20-9-19-14)23-6-2-5-21-23/h2-10H,1H3,(H,19,20,22,24). The highest BCUT2D eigenvalue weighted by Crippen LogP contribution is 2.28. The molecule has 2 aromatic heterocycles. The second-order valence-electron chi connectivity index (χ2n) is 5.04. The molecule has 1 unspecified atom stereocenters. The number of carbonyl (C=O) groups is 1. The van der Waals surface area contributed by atoms with Crippen molar-refractivity contribution in [2.75, 3.05) is 5.32 Å². The minimum absolute atomic E-state index is 0.329. The zero-order valence-corrected chi connectivity index (χ0v) is 14.6. The average molecular weight is 378 g/mol. The van der Waals surface area contributed by atoms with Crippen LogP contribution in [0.25, 0.3) is 5.82 Å². The number of rotatable bonds is 5. The van der Waals surface area contributed by atoms with Crippen LogP contribution in [-0.2, 0) is 4.79 Å². The molecule has 0 bridgehead atoms. The van der Waals surface area contributed by atoms with Crippen LogP contribution in [0.15, 0.2) is 49.1 Å². The fourth-order valence-electron chi connectivity index (χ4n) is 1.99. The maximum Gasteiger partial charge on any atom is 0.266 e. The second-order valence-corrected chi connectivity index (χ2v) is 5.88. The topological polar surface area (TPSA) is 81.9 Å². The molecule has 2 heterocycles. The lowest BCUT2D eigenvalue weighted by Gasteiger charge is -2.15. The molecule has 9 heteroatoms. The minimum atomic E-state index is -0.790. The van der Waals surface area contributed by atoms with Gasteiger partial charge in [0.05, 0.1) is 5.02 Å². The molecular formula is C16H13Cl2N5O2. The first-order valence-corrected chi connectivity index (χ1v) is 8.03. The number of benzene rings is 1. The summed E-state index contributed by atoms with van der Waals surface area (Å²) in [7, 11) is 0. The monoisotopic (exact) mass is 377 g/mol. The van der Waals surface area contributed by atoms with E-state index in [0.717, 1.165) is 0 Å². The van der Waals surface area contributed by atoms with Crippen LogP contribution in [0.1, 0.15) is 6.92 Å². The molecule has 0 saturated heterocycles. The Morgan fingerprint density at radius 1 is 1.28 bits per heavy atom. The van der Waals surface area contributed by atoms with Gasteiger partial charge in [0, 0.05) is 23.5 Å². The van der Waals surface area contributed by atoms with Crippen LogP contribution in [0.2, 0.25) is 10.0 Å². The Balaban J connectivity index is 1.68. The zero-order valence-electron chi connectivity index (χ0n) is 13.1. The molecule has 7 nitrogen and oxygen atoms in total. The lowest BCUT2D eigenvalue weighted by atomic mass is 10.3. The fourth-order valence-corrected chi connectivity index (χ4v) is 2.44. The summed E-state index contributed by atoms with van der Waals surface area (Å²) in [6.07, 6.45) is 3.92. The average Bonchev–Trinajstić information content (AvgIpc) is 3.12. The van der Waals surface area contributed by atoms with Crippen molar-refractivity contribution in [2.24, 2.45) is 0 Å². The van der Waals surface area contributed by atoms with Crippen molar-refractivity contribution >= 4 is 34.9 Å². The summed E-state index contributed by atoms with van der Waals surface area (Å²) in [6, 6.07) is 8.16. The first-order chi connectivity index (χ1) is 12.0. The summed E-state index contributed by atoms with van der Waals surface area (Å²) in [5, 5.41) is 7.56. The third-order valence-corrected chi connectivity index (χ3v) is 3.74. The zero-order chi connectivity index (χ0) is 17.8. The summed E-state index contributed by atoms with van der Waals surface area (Å²) >= 11 is 11.9. The molecule has 0 aliphatic carbocycles. The number of nitrogens with one attached hydrogen (secondary N) is 1. The molecule has 1 atom stereocenters. The molecule has 25 heavy (non-hydrogen) atoms. The van der Waals surface area contributed by atoms with Gasteiger partial charge in [0.1, 0.15) is 17.9 Å². The number of hydrogen-bond acceptors (Lipinski definition) is 5. The molecule has 3 aromatic rings. The van der Waals surface area contributed by atoms with Crippen molar-refractivity contribution < 1.29 is 9.53 Å². The van der Waals surface area contributed by atoms with Gasteiger partial charge in [0.2, 0.25) is 0 Å². The molecule has 0 aliphatic rings. The van der Waals surface area contributed by atoms with Crippen molar-refractivity contribution in [1.82, 2.24) is 19.7 Å². The van der Waals surface area contributed by atoms with Gasteiger partial charge in [0.25, 0.3) is 5.91 Å². The fraction of sp³-hybridized carbons (Fsp3) is 0.125. The highest BCUT2D eigenvalue weighted by Gasteiger charge is 2.17. The van der Waals surface area contributed by atoms with E-state index in [-0.39, 0.29) is 5.91 Å². The summed E-state index contributed by atoms with van der Waals surface area (Å²) in [5.41, 5.74) is 0. The van der Waals surface area contributed by atoms with E-state index >= 15 is 0 Å². The molecule has 0 saturated carbocycles. The molecule has 1 N–H and O–H groups in total. The number of amides is 1. The van der Waals surface area contributed by atoms with Crippen molar-refractivity contribution in [3.05, 3.63) is 59.1 Å². The van der Waals surface area contributed by atoms with Gasteiger partial charge in [-0.2, -0.15) is 5.10 Å². The van der Waals surface area contributed by atoms with Crippen LogP contribution in [-0.4, -0.2) is 31.8 Å². The van der Waals surface area contributed by atoms with Gasteiger partial charge in [-0.05, 0) is 31.2 Å². The molecule has 1 amide bonds. The lowest BCUT2D eigenvalue weighted by molar-refractivity contribution is -0.122. The lowest BCUT2D eigenvalue weighted by Crippen LogP contribution is -2.30. The Labute approximate surface area is 153 Å². The number of nitrogens with zero attached hydrogens (tertiary/aromatic N) is 4. The van der Waals surface area contributed by atoms with Crippen molar-refractivity contribution in [1.29, 1.82) is 0 Å². The van der Waals surface area contributed by atoms with E-state index in [4.69, 9.17) is 27.9 Å². The van der Waals surface area contributed by atoms with Gasteiger partial charge in [-0.3, -0.25) is 4.79 Å². The van der Waals surface area contributed by atoms with Crippen LogP contribution in [0.4, 0.5) is 5.82 Å². The third-order valence-electron chi connectivity index (χ3n) is 3.21. The van der Waals surface area contributed by atoms with Crippen molar-refractivity contribution in [3.8, 4) is 11.6 Å². The number of carbonyl (C=O) groups excluding carboxylic acids is 1. The van der Waals surface area contributed by atoms with Crippen LogP contribution in [0.3, 0.4) is 0 Å². The predicted octanol–water partition coefficient (Wildman–Crippen LogP) is 3.38. The molecule has 0 spiro atoms. The maximum atomic E-state index is 12.3. The molecule has 0 radical (unpaired) electrons. The maximum absolute atomic E-state index is 12.3. The van der Waals surface area contributed by atoms with Gasteiger partial charge in [0.15, 0.2) is 11.9 Å². The number of anilines is 1. The predicted molar refractivity (Wildman–Crippen MR) is 94.3 cm³/mol. The van der Waals surface area contributed by atoms with Gasteiger partial charge < -0.3 is 10.1 Å². The molecular weight excluding hydrogens is 365 g/mol. The Kier molecular flexibility index (Phi) is 5.16. The smallest absolute Gasteiger partial charge is 0.266 e. The van der Waals surface area contributed by atoms with Crippen LogP contribution >= 0.6 is 23.2 Å². The normalized spacial score (nSPS) is 11.8. The Morgan fingerprint density at radius 3 is 2.84 bits per heavy atom. The Morgan fingerprint density at radius 2 is 2.12 bits per heavy atom. The summed E-state index contributed by atoms with van der Waals surface area (Å²) < 4.78 is 7.13. The van der Waals surface area contributed by atoms with E-state index in [1.54, 1.807) is 54.3 Å². The number of halogens is 2. The second kappa shape index (κ2) is 7.50. The Hall–Kier alpha value is -2.64. The van der Waals surface area contributed by atoms with E-state index in [1.807, 2.05) is 0 Å². The first-order valence-electron chi connectivity index (χ1n) is 7.27. The van der Waals surface area contributed by atoms with Crippen LogP contribution in [0, 0.1) is 0 Å². The molecule has 3 rings (SSSR count). The minimum Gasteiger partial charge on any atom is -0.479 e. The molecule has 1 aromatic carbocycles.